The smallest absolute Gasteiger partial charge is 0.240 e. The monoisotopic (exact) mass is 234 g/mol. The van der Waals surface area contributed by atoms with Crippen molar-refractivity contribution < 1.29 is 17.8 Å². The molecule has 0 saturated carbocycles. The van der Waals surface area contributed by atoms with E-state index < -0.39 is 25.7 Å². The van der Waals surface area contributed by atoms with Crippen LogP contribution in [0.1, 0.15) is 0 Å². The summed E-state index contributed by atoms with van der Waals surface area (Å²) in [4.78, 5) is 0. The molecule has 0 N–H and O–H groups in total. The fourth-order valence-corrected chi connectivity index (χ4v) is 2.76. The van der Waals surface area contributed by atoms with Gasteiger partial charge in [-0.3, -0.25) is 0 Å². The van der Waals surface area contributed by atoms with Crippen molar-refractivity contribution in [1.29, 1.82) is 0 Å². The van der Waals surface area contributed by atoms with Gasteiger partial charge in [0.1, 0.15) is 0 Å². The lowest BCUT2D eigenvalue weighted by Crippen LogP contribution is -1.98. The molecule has 0 aromatic heterocycles. The number of hydrogen-bond acceptors (Lipinski definition) is 4. The molecule has 0 atom stereocenters. The van der Waals surface area contributed by atoms with Crippen molar-refractivity contribution in [2.75, 3.05) is 0 Å². The van der Waals surface area contributed by atoms with Crippen LogP contribution < -0.4 is 5.30 Å². The number of rotatable bonds is 5. The molecule has 0 radical (unpaired) electrons. The van der Waals surface area contributed by atoms with Crippen LogP contribution in [0.4, 0.5) is 0 Å². The van der Waals surface area contributed by atoms with E-state index in [9.17, 15) is 9.13 Å². The largest absolute Gasteiger partial charge is 0.333 e. The molecule has 0 unspecified atom stereocenters. The number of hydrogen-bond donors (Lipinski definition) is 0. The van der Waals surface area contributed by atoms with Crippen molar-refractivity contribution in [3.63, 3.8) is 0 Å². The molecular formula is C6H5O4P3. The highest BCUT2D eigenvalue weighted by molar-refractivity contribution is 7.63. The summed E-state index contributed by atoms with van der Waals surface area (Å²) in [7, 11) is -2.47. The Morgan fingerprint density at radius 3 is 2.00 bits per heavy atom. The molecule has 0 saturated heterocycles. The minimum atomic E-state index is -1.51. The first-order chi connectivity index (χ1) is 6.38. The van der Waals surface area contributed by atoms with Gasteiger partial charge < -0.3 is 0 Å². The van der Waals surface area contributed by atoms with Gasteiger partial charge in [-0.05, 0) is 12.1 Å². The van der Waals surface area contributed by atoms with E-state index in [1.807, 2.05) is 6.07 Å². The molecule has 0 bridgehead atoms. The van der Waals surface area contributed by atoms with Crippen LogP contribution in [0, 0.1) is 0 Å². The number of benzene rings is 1. The lowest BCUT2D eigenvalue weighted by molar-refractivity contribution is 0.497. The molecule has 1 aromatic carbocycles. The molecule has 4 nitrogen and oxygen atoms in total. The van der Waals surface area contributed by atoms with Crippen LogP contribution in [0.25, 0.3) is 0 Å². The molecule has 1 rings (SSSR count). The van der Waals surface area contributed by atoms with E-state index in [0.717, 1.165) is 5.30 Å². The van der Waals surface area contributed by atoms with E-state index in [1.54, 1.807) is 24.3 Å². The quantitative estimate of drug-likeness (QED) is 0.734. The molecule has 0 heterocycles. The van der Waals surface area contributed by atoms with Gasteiger partial charge in [-0.25, -0.2) is 17.8 Å². The van der Waals surface area contributed by atoms with Crippen LogP contribution in [-0.4, -0.2) is 0 Å². The Hall–Kier alpha value is -0.230. The summed E-state index contributed by atoms with van der Waals surface area (Å²) >= 11 is 0. The third kappa shape index (κ3) is 3.56. The molecule has 13 heavy (non-hydrogen) atoms. The summed E-state index contributed by atoms with van der Waals surface area (Å²) in [6.45, 7) is 0. The van der Waals surface area contributed by atoms with Gasteiger partial charge in [0.05, 0.1) is 0 Å². The van der Waals surface area contributed by atoms with E-state index in [4.69, 9.17) is 8.62 Å². The summed E-state index contributed by atoms with van der Waals surface area (Å²) in [5.41, 5.74) is 0. The molecule has 0 spiro atoms. The second kappa shape index (κ2) is 6.26. The SMILES string of the molecule is O=POP(OP=O)c1ccccc1. The van der Waals surface area contributed by atoms with Crippen LogP contribution in [-0.2, 0) is 17.8 Å². The van der Waals surface area contributed by atoms with Crippen molar-refractivity contribution in [2.45, 2.75) is 0 Å². The standard InChI is InChI=1S/C6H5O4P3/c7-11-9-13(10-12-8)6-4-2-1-3-5-6/h1-5H. The molecule has 0 aliphatic rings. The Balaban J connectivity index is 2.75. The first kappa shape index (κ1) is 10.8. The lowest BCUT2D eigenvalue weighted by Gasteiger charge is -2.06. The normalized spacial score (nSPS) is 13.2. The van der Waals surface area contributed by atoms with Gasteiger partial charge in [-0.1, -0.05) is 18.2 Å². The van der Waals surface area contributed by atoms with Gasteiger partial charge in [0, 0.05) is 5.30 Å². The highest BCUT2D eigenvalue weighted by Crippen LogP contribution is 2.44. The minimum Gasteiger partial charge on any atom is -0.240 e. The van der Waals surface area contributed by atoms with Gasteiger partial charge in [0.15, 0.2) is 0 Å². The predicted molar refractivity (Wildman–Crippen MR) is 50.4 cm³/mol. The zero-order valence-electron chi connectivity index (χ0n) is 6.36. The summed E-state index contributed by atoms with van der Waals surface area (Å²) in [6.07, 6.45) is 0. The predicted octanol–water partition coefficient (Wildman–Crippen LogP) is 3.07. The van der Waals surface area contributed by atoms with Gasteiger partial charge in [0.2, 0.25) is 8.38 Å². The zero-order chi connectivity index (χ0) is 9.52. The highest BCUT2D eigenvalue weighted by atomic mass is 31.2. The lowest BCUT2D eigenvalue weighted by atomic mass is 10.4. The Kier molecular flexibility index (Phi) is 5.22. The van der Waals surface area contributed by atoms with Crippen molar-refractivity contribution in [2.24, 2.45) is 0 Å². The molecule has 7 heteroatoms. The van der Waals surface area contributed by atoms with E-state index in [0.29, 0.717) is 0 Å². The van der Waals surface area contributed by atoms with Crippen molar-refractivity contribution in [3.05, 3.63) is 30.3 Å². The van der Waals surface area contributed by atoms with E-state index in [2.05, 4.69) is 0 Å². The maximum absolute atomic E-state index is 10.2. The molecule has 0 aliphatic carbocycles. The fraction of sp³-hybridized carbons (Fsp3) is 0. The molecule has 0 aliphatic heterocycles. The maximum atomic E-state index is 10.2. The first-order valence-electron chi connectivity index (χ1n) is 3.23. The van der Waals surface area contributed by atoms with Crippen molar-refractivity contribution >= 4 is 31.1 Å². The van der Waals surface area contributed by atoms with E-state index in [1.165, 1.54) is 0 Å². The Morgan fingerprint density at radius 2 is 1.54 bits per heavy atom. The van der Waals surface area contributed by atoms with Crippen LogP contribution in [0.5, 0.6) is 0 Å². The van der Waals surface area contributed by atoms with Gasteiger partial charge in [-0.2, -0.15) is 0 Å². The molecule has 0 fully saturated rings. The van der Waals surface area contributed by atoms with Crippen LogP contribution in [0.15, 0.2) is 30.3 Å². The molecular weight excluding hydrogens is 229 g/mol. The zero-order valence-corrected chi connectivity index (χ0v) is 9.04. The first-order valence-corrected chi connectivity index (χ1v) is 5.87. The summed E-state index contributed by atoms with van der Waals surface area (Å²) < 4.78 is 29.8. The second-order valence-electron chi connectivity index (χ2n) is 1.91. The summed E-state index contributed by atoms with van der Waals surface area (Å²) in [5, 5.41) is 0.726. The van der Waals surface area contributed by atoms with E-state index in [-0.39, 0.29) is 0 Å². The van der Waals surface area contributed by atoms with Crippen LogP contribution in [0.2, 0.25) is 0 Å². The van der Waals surface area contributed by atoms with Crippen LogP contribution >= 0.6 is 25.7 Å². The second-order valence-corrected chi connectivity index (χ2v) is 4.54. The molecule has 68 valence electrons. The van der Waals surface area contributed by atoms with Gasteiger partial charge in [-0.15, -0.1) is 0 Å². The average Bonchev–Trinajstić information content (AvgIpc) is 2.19. The fourth-order valence-electron chi connectivity index (χ4n) is 0.719. The molecule has 1 aromatic rings. The van der Waals surface area contributed by atoms with Crippen LogP contribution in [0.3, 0.4) is 0 Å². The molecule has 0 amide bonds. The average molecular weight is 234 g/mol. The summed E-state index contributed by atoms with van der Waals surface area (Å²) in [6, 6.07) is 8.92. The Labute approximate surface area is 79.7 Å². The van der Waals surface area contributed by atoms with Crippen molar-refractivity contribution in [1.82, 2.24) is 0 Å². The third-order valence-corrected chi connectivity index (χ3v) is 3.62. The minimum absolute atomic E-state index is 0.481. The van der Waals surface area contributed by atoms with Gasteiger partial charge in [0.25, 0.3) is 0 Å². The topological polar surface area (TPSA) is 52.6 Å². The Morgan fingerprint density at radius 1 is 1.00 bits per heavy atom. The Bertz CT molecular complexity index is 268. The van der Waals surface area contributed by atoms with Crippen molar-refractivity contribution in [3.8, 4) is 0 Å². The highest BCUT2D eigenvalue weighted by Gasteiger charge is 2.13. The third-order valence-electron chi connectivity index (χ3n) is 1.18. The summed E-state index contributed by atoms with van der Waals surface area (Å²) in [5.74, 6) is 0. The maximum Gasteiger partial charge on any atom is 0.333 e. The van der Waals surface area contributed by atoms with Gasteiger partial charge >= 0.3 is 17.4 Å². The van der Waals surface area contributed by atoms with E-state index >= 15 is 0 Å².